The van der Waals surface area contributed by atoms with E-state index in [1.807, 2.05) is 0 Å². The molecule has 1 aliphatic rings. The molecule has 0 aliphatic carbocycles. The number of rotatable bonds is 9. The summed E-state index contributed by atoms with van der Waals surface area (Å²) in [6.07, 6.45) is -6.11. The van der Waals surface area contributed by atoms with Crippen molar-refractivity contribution in [1.29, 1.82) is 0 Å². The third-order valence-electron chi connectivity index (χ3n) is 3.64. The summed E-state index contributed by atoms with van der Waals surface area (Å²) in [4.78, 5) is 58.5. The number of hydrogen-bond acceptors (Lipinski definition) is 17. The van der Waals surface area contributed by atoms with E-state index >= 15 is 0 Å². The summed E-state index contributed by atoms with van der Waals surface area (Å²) in [5.74, 6) is -0.314. The zero-order valence-electron chi connectivity index (χ0n) is 18.9. The molecule has 178 valence electrons. The molecule has 1 fully saturated rings. The molecule has 0 aromatic carbocycles. The summed E-state index contributed by atoms with van der Waals surface area (Å²) in [5, 5.41) is 29.2. The van der Waals surface area contributed by atoms with Crippen LogP contribution in [0.1, 0.15) is 11.8 Å². The number of phosphoric acid groups is 3. The van der Waals surface area contributed by atoms with Gasteiger partial charge in [0.15, 0.2) is 6.23 Å². The summed E-state index contributed by atoms with van der Waals surface area (Å²) in [7, 11) is -18.2. The number of nitrogen functional groups attached to an aromatic ring is 1. The Morgan fingerprint density at radius 2 is 1.57 bits per heavy atom. The molecule has 1 aromatic heterocycles. The molecule has 5 N–H and O–H groups in total. The molecule has 0 bridgehead atoms. The summed E-state index contributed by atoms with van der Waals surface area (Å²) in [5.41, 5.74) is 4.32. The van der Waals surface area contributed by atoms with Gasteiger partial charge in [-0.15, -0.1) is 0 Å². The van der Waals surface area contributed by atoms with Gasteiger partial charge in [0.1, 0.15) is 24.1 Å². The first kappa shape index (κ1) is 40.8. The molecule has 0 spiro atoms. The first-order chi connectivity index (χ1) is 14.1. The molecule has 2 heterocycles. The molecule has 18 nitrogen and oxygen atoms in total. The monoisotopic (exact) mass is 537 g/mol. The molecule has 0 amide bonds. The van der Waals surface area contributed by atoms with E-state index in [2.05, 4.69) is 18.1 Å². The number of aliphatic hydroxyl groups excluding tert-OH is 3. The third-order valence-corrected chi connectivity index (χ3v) is 7.30. The van der Waals surface area contributed by atoms with Crippen molar-refractivity contribution in [1.82, 2.24) is 9.55 Å². The molecule has 2 rings (SSSR count). The average Bonchev–Trinajstić information content (AvgIpc) is 2.85. The van der Waals surface area contributed by atoms with Gasteiger partial charge in [0, 0.05) is 11.8 Å². The van der Waals surface area contributed by atoms with E-state index in [4.69, 9.17) is 10.5 Å². The Hall–Kier alpha value is 1.32. The minimum Gasteiger partial charge on any atom is -0.790 e. The van der Waals surface area contributed by atoms with Crippen LogP contribution in [0.4, 0.5) is 5.82 Å². The van der Waals surface area contributed by atoms with Crippen molar-refractivity contribution in [3.8, 4) is 0 Å². The minimum absolute atomic E-state index is 0. The normalized spacial score (nSPS) is 25.0. The standard InChI is InChI=1S/C10H18N3O15P3.4Li/c11-8-4(2-14)1-13(10(17)12-8)9-7(16)6(15)5(26-9)3-25-30(21,22)28-31(23,24)27-29(18,19)20;;;;/h1,5-7,9,14-16H,2-3H2,(H,21,22)(H,23,24)(H2,11,12,17)(H2,18,19,20);;;;/q;4*+1/p-4. The Bertz CT molecular complexity index is 1030. The topological polar surface area (TPSA) is 302 Å². The van der Waals surface area contributed by atoms with Crippen LogP contribution in [0.25, 0.3) is 0 Å². The smallest absolute Gasteiger partial charge is 0.790 e. The second-order valence-corrected chi connectivity index (χ2v) is 10.1. The Morgan fingerprint density at radius 1 is 1.03 bits per heavy atom. The largest absolute Gasteiger partial charge is 1.00 e. The quantitative estimate of drug-likeness (QED) is 0.168. The van der Waals surface area contributed by atoms with Gasteiger partial charge in [0.2, 0.25) is 0 Å². The van der Waals surface area contributed by atoms with Crippen molar-refractivity contribution in [2.24, 2.45) is 0 Å². The summed E-state index contributed by atoms with van der Waals surface area (Å²) < 4.78 is 49.2. The van der Waals surface area contributed by atoms with Crippen LogP contribution in [-0.2, 0) is 38.2 Å². The third kappa shape index (κ3) is 11.9. The Balaban J connectivity index is -0.00000256. The SMILES string of the molecule is Nc1nc(=O)n(C2OC(COP(=O)([O-])OP(=O)([O-])OP(=O)([O-])[O-])C(O)C2O)cc1CO.[Li+].[Li+].[Li+].[Li+]. The van der Waals surface area contributed by atoms with Gasteiger partial charge in [-0.2, -0.15) is 4.98 Å². The number of nitrogens with two attached hydrogens (primary N) is 1. The average molecular weight is 537 g/mol. The van der Waals surface area contributed by atoms with Gasteiger partial charge >= 0.3 is 81.1 Å². The van der Waals surface area contributed by atoms with Gasteiger partial charge < -0.3 is 54.5 Å². The summed E-state index contributed by atoms with van der Waals surface area (Å²) >= 11 is 0. The molecule has 1 aliphatic heterocycles. The van der Waals surface area contributed by atoms with Crippen molar-refractivity contribution in [3.63, 3.8) is 0 Å². The molecule has 6 unspecified atom stereocenters. The molecule has 6 atom stereocenters. The van der Waals surface area contributed by atoms with Crippen LogP contribution in [0, 0.1) is 0 Å². The van der Waals surface area contributed by atoms with Crippen LogP contribution >= 0.6 is 23.5 Å². The first-order valence-electron chi connectivity index (χ1n) is 7.76. The van der Waals surface area contributed by atoms with Crippen LogP contribution in [0.2, 0.25) is 0 Å². The fourth-order valence-corrected chi connectivity index (χ4v) is 5.24. The van der Waals surface area contributed by atoms with Crippen molar-refractivity contribution >= 4 is 29.3 Å². The Morgan fingerprint density at radius 3 is 2.06 bits per heavy atom. The molecule has 0 radical (unpaired) electrons. The fourth-order valence-electron chi connectivity index (χ4n) is 2.37. The molecule has 0 saturated carbocycles. The first-order valence-corrected chi connectivity index (χ1v) is 12.1. The fraction of sp³-hybridized carbons (Fsp3) is 0.600. The number of hydrogen-bond donors (Lipinski definition) is 4. The second-order valence-electron chi connectivity index (χ2n) is 5.85. The summed E-state index contributed by atoms with van der Waals surface area (Å²) in [6.45, 7) is -1.84. The number of phosphoric ester groups is 1. The zero-order chi connectivity index (χ0) is 23.8. The molecular formula is C10H14Li4N3O15P3. The maximum Gasteiger partial charge on any atom is 1.00 e. The predicted molar refractivity (Wildman–Crippen MR) is 85.7 cm³/mol. The van der Waals surface area contributed by atoms with E-state index < -0.39 is 66.9 Å². The van der Waals surface area contributed by atoms with E-state index in [1.54, 1.807) is 0 Å². The predicted octanol–water partition coefficient (Wildman–Crippen LogP) is -17.2. The number of aromatic nitrogens is 2. The maximum absolute atomic E-state index is 12.0. The number of aliphatic hydroxyl groups is 3. The van der Waals surface area contributed by atoms with Crippen molar-refractivity contribution in [2.75, 3.05) is 12.3 Å². The van der Waals surface area contributed by atoms with E-state index in [9.17, 15) is 53.4 Å². The van der Waals surface area contributed by atoms with Crippen LogP contribution in [0.3, 0.4) is 0 Å². The second kappa shape index (κ2) is 15.8. The number of anilines is 1. The number of ether oxygens (including phenoxy) is 1. The van der Waals surface area contributed by atoms with Crippen molar-refractivity contribution < 1.29 is 142 Å². The minimum atomic E-state index is -6.19. The van der Waals surface area contributed by atoms with Gasteiger partial charge in [-0.1, -0.05) is 0 Å². The molecule has 25 heteroatoms. The van der Waals surface area contributed by atoms with Gasteiger partial charge in [0.25, 0.3) is 15.6 Å². The molecular weight excluding hydrogens is 523 g/mol. The van der Waals surface area contributed by atoms with Crippen LogP contribution in [0.5, 0.6) is 0 Å². The Kier molecular flexibility index (Phi) is 18.4. The van der Waals surface area contributed by atoms with Gasteiger partial charge in [0.05, 0.1) is 21.0 Å². The van der Waals surface area contributed by atoms with Crippen molar-refractivity contribution in [2.45, 2.75) is 31.1 Å². The van der Waals surface area contributed by atoms with Crippen molar-refractivity contribution in [3.05, 3.63) is 22.2 Å². The van der Waals surface area contributed by atoms with E-state index in [0.717, 1.165) is 6.20 Å². The molecule has 35 heavy (non-hydrogen) atoms. The van der Waals surface area contributed by atoms with Gasteiger partial charge in [-0.05, 0) is 0 Å². The maximum atomic E-state index is 12.0. The van der Waals surface area contributed by atoms with Crippen LogP contribution in [-0.4, -0.2) is 49.8 Å². The van der Waals surface area contributed by atoms with Gasteiger partial charge in [-0.3, -0.25) is 18.0 Å². The van der Waals surface area contributed by atoms with Gasteiger partial charge in [-0.25, -0.2) is 9.11 Å². The Labute approximate surface area is 245 Å². The van der Waals surface area contributed by atoms with Crippen LogP contribution in [0.15, 0.2) is 11.0 Å². The van der Waals surface area contributed by atoms with E-state index in [-0.39, 0.29) is 86.8 Å². The summed E-state index contributed by atoms with van der Waals surface area (Å²) in [6, 6.07) is 0. The molecule has 1 aromatic rings. The zero-order valence-corrected chi connectivity index (χ0v) is 21.5. The molecule has 1 saturated heterocycles. The number of nitrogens with zero attached hydrogens (tertiary/aromatic N) is 2. The van der Waals surface area contributed by atoms with E-state index in [1.165, 1.54) is 0 Å². The van der Waals surface area contributed by atoms with E-state index in [0.29, 0.717) is 4.57 Å². The van der Waals surface area contributed by atoms with Crippen LogP contribution < -0.4 is 106 Å².